The van der Waals surface area contributed by atoms with Crippen LogP contribution in [0.15, 0.2) is 52.0 Å². The lowest BCUT2D eigenvalue weighted by molar-refractivity contribution is -0.114. The first-order chi connectivity index (χ1) is 13.0. The number of hydrogen-bond acceptors (Lipinski definition) is 7. The topological polar surface area (TPSA) is 117 Å². The standard InChI is InChI=1S/C17H15N5O3S2/c1-10(23)19-14-13(20-15(24)12-5-3-7-26-12)16(25)22-17(21-14)27-9-11-4-2-6-18-8-11/h2-8H,9H2,1H3,(H,20,24)(H2,19,21,22,23,25). The number of H-pyrrole nitrogens is 1. The second kappa shape index (κ2) is 8.60. The summed E-state index contributed by atoms with van der Waals surface area (Å²) in [5.41, 5.74) is 0.308. The highest BCUT2D eigenvalue weighted by Gasteiger charge is 2.17. The number of hydrogen-bond donors (Lipinski definition) is 3. The first kappa shape index (κ1) is 18.8. The van der Waals surface area contributed by atoms with Crippen LogP contribution in [0, 0.1) is 0 Å². The fourth-order valence-electron chi connectivity index (χ4n) is 2.11. The monoisotopic (exact) mass is 401 g/mol. The number of aromatic nitrogens is 3. The number of carbonyl (C=O) groups is 2. The fraction of sp³-hybridized carbons (Fsp3) is 0.118. The number of amides is 2. The van der Waals surface area contributed by atoms with Crippen molar-refractivity contribution >= 4 is 46.4 Å². The van der Waals surface area contributed by atoms with Crippen molar-refractivity contribution in [1.82, 2.24) is 15.0 Å². The molecule has 3 N–H and O–H groups in total. The van der Waals surface area contributed by atoms with Gasteiger partial charge < -0.3 is 10.6 Å². The van der Waals surface area contributed by atoms with Gasteiger partial charge in [-0.05, 0) is 23.1 Å². The summed E-state index contributed by atoms with van der Waals surface area (Å²) in [6.07, 6.45) is 3.39. The quantitative estimate of drug-likeness (QED) is 0.432. The van der Waals surface area contributed by atoms with E-state index in [0.717, 1.165) is 5.56 Å². The predicted molar refractivity (Wildman–Crippen MR) is 105 cm³/mol. The maximum absolute atomic E-state index is 12.5. The summed E-state index contributed by atoms with van der Waals surface area (Å²) < 4.78 is 0. The Morgan fingerprint density at radius 3 is 2.78 bits per heavy atom. The normalized spacial score (nSPS) is 10.4. The maximum Gasteiger partial charge on any atom is 0.277 e. The molecule has 27 heavy (non-hydrogen) atoms. The molecule has 0 aliphatic carbocycles. The molecule has 0 aliphatic heterocycles. The molecule has 0 saturated heterocycles. The number of thioether (sulfide) groups is 1. The molecule has 0 radical (unpaired) electrons. The van der Waals surface area contributed by atoms with Crippen LogP contribution < -0.4 is 16.2 Å². The number of aromatic amines is 1. The van der Waals surface area contributed by atoms with Crippen LogP contribution in [0.3, 0.4) is 0 Å². The van der Waals surface area contributed by atoms with Crippen molar-refractivity contribution < 1.29 is 9.59 Å². The van der Waals surface area contributed by atoms with E-state index in [9.17, 15) is 14.4 Å². The number of nitrogens with zero attached hydrogens (tertiary/aromatic N) is 2. The summed E-state index contributed by atoms with van der Waals surface area (Å²) in [4.78, 5) is 47.6. The third-order valence-electron chi connectivity index (χ3n) is 3.27. The number of anilines is 2. The molecule has 3 aromatic rings. The minimum Gasteiger partial charge on any atom is -0.314 e. The fourth-order valence-corrected chi connectivity index (χ4v) is 3.53. The van der Waals surface area contributed by atoms with Crippen LogP contribution in [0.4, 0.5) is 11.5 Å². The van der Waals surface area contributed by atoms with Crippen molar-refractivity contribution in [1.29, 1.82) is 0 Å². The van der Waals surface area contributed by atoms with Crippen LogP contribution in [0.1, 0.15) is 22.2 Å². The Kier molecular flexibility index (Phi) is 5.99. The number of pyridine rings is 1. The van der Waals surface area contributed by atoms with E-state index in [1.165, 1.54) is 30.0 Å². The second-order valence-electron chi connectivity index (χ2n) is 5.36. The van der Waals surface area contributed by atoms with Crippen LogP contribution in [0.5, 0.6) is 0 Å². The lowest BCUT2D eigenvalue weighted by Crippen LogP contribution is -2.24. The first-order valence-electron chi connectivity index (χ1n) is 7.81. The van der Waals surface area contributed by atoms with E-state index in [2.05, 4.69) is 25.6 Å². The van der Waals surface area contributed by atoms with Crippen LogP contribution in [0.2, 0.25) is 0 Å². The molecule has 0 saturated carbocycles. The van der Waals surface area contributed by atoms with Crippen molar-refractivity contribution in [2.75, 3.05) is 10.6 Å². The second-order valence-corrected chi connectivity index (χ2v) is 7.27. The Labute approximate surface area is 162 Å². The summed E-state index contributed by atoms with van der Waals surface area (Å²) in [5, 5.41) is 7.09. The third kappa shape index (κ3) is 5.02. The van der Waals surface area contributed by atoms with Crippen molar-refractivity contribution in [3.05, 3.63) is 62.8 Å². The molecular formula is C17H15N5O3S2. The Bertz CT molecular complexity index is 1000. The predicted octanol–water partition coefficient (Wildman–Crippen LogP) is 2.73. The highest BCUT2D eigenvalue weighted by Crippen LogP contribution is 2.23. The van der Waals surface area contributed by atoms with Gasteiger partial charge in [-0.3, -0.25) is 24.4 Å². The zero-order valence-electron chi connectivity index (χ0n) is 14.2. The largest absolute Gasteiger partial charge is 0.314 e. The third-order valence-corrected chi connectivity index (χ3v) is 5.09. The Balaban J connectivity index is 1.85. The van der Waals surface area contributed by atoms with Gasteiger partial charge in [0, 0.05) is 25.1 Å². The Morgan fingerprint density at radius 1 is 1.26 bits per heavy atom. The van der Waals surface area contributed by atoms with Gasteiger partial charge >= 0.3 is 0 Å². The summed E-state index contributed by atoms with van der Waals surface area (Å²) in [6.45, 7) is 1.30. The molecule has 0 spiro atoms. The SMILES string of the molecule is CC(=O)Nc1nc(SCc2cccnc2)[nH]c(=O)c1NC(=O)c1cccs1. The molecule has 0 fully saturated rings. The van der Waals surface area contributed by atoms with Crippen molar-refractivity contribution in [3.8, 4) is 0 Å². The minimum atomic E-state index is -0.549. The van der Waals surface area contributed by atoms with E-state index in [-0.39, 0.29) is 11.5 Å². The summed E-state index contributed by atoms with van der Waals surface area (Å²) in [7, 11) is 0. The zero-order valence-corrected chi connectivity index (χ0v) is 15.8. The molecule has 138 valence electrons. The van der Waals surface area contributed by atoms with Gasteiger partial charge in [-0.15, -0.1) is 11.3 Å². The average molecular weight is 401 g/mol. The molecule has 3 heterocycles. The molecule has 3 aromatic heterocycles. The van der Waals surface area contributed by atoms with E-state index < -0.39 is 17.4 Å². The molecule has 10 heteroatoms. The molecule has 3 rings (SSSR count). The van der Waals surface area contributed by atoms with E-state index in [1.807, 2.05) is 12.1 Å². The first-order valence-corrected chi connectivity index (χ1v) is 9.68. The van der Waals surface area contributed by atoms with Gasteiger partial charge in [-0.2, -0.15) is 0 Å². The number of carbonyl (C=O) groups excluding carboxylic acids is 2. The van der Waals surface area contributed by atoms with Crippen LogP contribution in [-0.2, 0) is 10.5 Å². The number of rotatable bonds is 6. The van der Waals surface area contributed by atoms with Gasteiger partial charge in [0.25, 0.3) is 11.5 Å². The summed E-state index contributed by atoms with van der Waals surface area (Å²) >= 11 is 2.53. The highest BCUT2D eigenvalue weighted by atomic mass is 32.2. The van der Waals surface area contributed by atoms with E-state index >= 15 is 0 Å². The average Bonchev–Trinajstić information content (AvgIpc) is 3.18. The van der Waals surface area contributed by atoms with Crippen molar-refractivity contribution in [2.45, 2.75) is 17.8 Å². The molecule has 0 unspecified atom stereocenters. The molecule has 2 amide bonds. The van der Waals surface area contributed by atoms with Gasteiger partial charge in [-0.25, -0.2) is 4.98 Å². The Hall–Kier alpha value is -2.98. The molecule has 0 aliphatic rings. The van der Waals surface area contributed by atoms with E-state index in [1.54, 1.807) is 29.9 Å². The van der Waals surface area contributed by atoms with Gasteiger partial charge in [0.05, 0.1) is 4.88 Å². The van der Waals surface area contributed by atoms with Crippen molar-refractivity contribution in [3.63, 3.8) is 0 Å². The molecule has 0 atom stereocenters. The van der Waals surface area contributed by atoms with Crippen LogP contribution in [-0.4, -0.2) is 26.8 Å². The lowest BCUT2D eigenvalue weighted by Gasteiger charge is -2.11. The zero-order chi connectivity index (χ0) is 19.2. The molecule has 8 nitrogen and oxygen atoms in total. The highest BCUT2D eigenvalue weighted by molar-refractivity contribution is 7.98. The number of nitrogens with one attached hydrogen (secondary N) is 3. The minimum absolute atomic E-state index is 0.00448. The Morgan fingerprint density at radius 2 is 2.11 bits per heavy atom. The summed E-state index contributed by atoms with van der Waals surface area (Å²) in [6, 6.07) is 7.09. The van der Waals surface area contributed by atoms with E-state index in [4.69, 9.17) is 0 Å². The van der Waals surface area contributed by atoms with E-state index in [0.29, 0.717) is 15.8 Å². The smallest absolute Gasteiger partial charge is 0.277 e. The van der Waals surface area contributed by atoms with Crippen LogP contribution >= 0.6 is 23.1 Å². The van der Waals surface area contributed by atoms with Gasteiger partial charge in [0.15, 0.2) is 16.7 Å². The molecular weight excluding hydrogens is 386 g/mol. The van der Waals surface area contributed by atoms with Gasteiger partial charge in [-0.1, -0.05) is 23.9 Å². The molecule has 0 bridgehead atoms. The molecule has 0 aromatic carbocycles. The van der Waals surface area contributed by atoms with Gasteiger partial charge in [0.1, 0.15) is 0 Å². The van der Waals surface area contributed by atoms with Gasteiger partial charge in [0.2, 0.25) is 5.91 Å². The van der Waals surface area contributed by atoms with Crippen molar-refractivity contribution in [2.24, 2.45) is 0 Å². The lowest BCUT2D eigenvalue weighted by atomic mass is 10.3. The maximum atomic E-state index is 12.5. The van der Waals surface area contributed by atoms with Crippen LogP contribution in [0.25, 0.3) is 0 Å². The summed E-state index contributed by atoms with van der Waals surface area (Å²) in [5.74, 6) is -0.301. The number of thiophene rings is 1.